The maximum atomic E-state index is 13.1. The Balaban J connectivity index is 1.72. The lowest BCUT2D eigenvalue weighted by Crippen LogP contribution is -2.24. The molecule has 31 heavy (non-hydrogen) atoms. The number of anilines is 1. The summed E-state index contributed by atoms with van der Waals surface area (Å²) in [5.74, 6) is -0.515. The molecule has 4 nitrogen and oxygen atoms in total. The van der Waals surface area contributed by atoms with Crippen LogP contribution in [0.1, 0.15) is 41.4 Å². The summed E-state index contributed by atoms with van der Waals surface area (Å²) in [5.41, 5.74) is 4.50. The van der Waals surface area contributed by atoms with Gasteiger partial charge in [0.25, 0.3) is 0 Å². The van der Waals surface area contributed by atoms with Crippen molar-refractivity contribution in [2.24, 2.45) is 0 Å². The number of amides is 1. The average Bonchev–Trinajstić information content (AvgIpc) is 2.77. The number of aromatic nitrogens is 1. The molecule has 160 valence electrons. The van der Waals surface area contributed by atoms with E-state index < -0.39 is 5.95 Å². The standard InChI is InChI=1S/C25H24ClFN2O2/c1-4-25(31)29(3)20-10-5-18(6-11-20)21-12-7-19(15-22(21)26)23(30)13-8-17-9-14-24(27)28-16(17)2/h5-7,9-12,14-15H,4,8,13H2,1-3H3. The number of hydrogen-bond donors (Lipinski definition) is 0. The zero-order valence-corrected chi connectivity index (χ0v) is 18.5. The Kier molecular flexibility index (Phi) is 7.18. The molecule has 0 spiro atoms. The molecule has 0 N–H and O–H groups in total. The number of hydrogen-bond acceptors (Lipinski definition) is 3. The minimum atomic E-state index is -0.522. The number of Topliss-reactive ketones (excluding diaryl/α,β-unsaturated/α-hetero) is 1. The van der Waals surface area contributed by atoms with Gasteiger partial charge in [0.15, 0.2) is 5.78 Å². The molecule has 0 aliphatic heterocycles. The summed E-state index contributed by atoms with van der Waals surface area (Å²) in [6.45, 7) is 3.56. The van der Waals surface area contributed by atoms with Crippen molar-refractivity contribution < 1.29 is 14.0 Å². The summed E-state index contributed by atoms with van der Waals surface area (Å²) in [6, 6.07) is 15.8. The molecular formula is C25H24ClFN2O2. The van der Waals surface area contributed by atoms with E-state index in [0.29, 0.717) is 29.1 Å². The summed E-state index contributed by atoms with van der Waals surface area (Å²) < 4.78 is 13.1. The third-order valence-electron chi connectivity index (χ3n) is 5.32. The van der Waals surface area contributed by atoms with Crippen LogP contribution in [0, 0.1) is 12.9 Å². The maximum absolute atomic E-state index is 13.1. The zero-order valence-electron chi connectivity index (χ0n) is 17.8. The van der Waals surface area contributed by atoms with Gasteiger partial charge in [0.2, 0.25) is 11.9 Å². The number of nitrogens with zero attached hydrogens (tertiary/aromatic N) is 2. The van der Waals surface area contributed by atoms with E-state index in [4.69, 9.17) is 11.6 Å². The molecule has 6 heteroatoms. The van der Waals surface area contributed by atoms with Gasteiger partial charge in [0.05, 0.1) is 0 Å². The van der Waals surface area contributed by atoms with Crippen molar-refractivity contribution in [1.29, 1.82) is 0 Å². The third kappa shape index (κ3) is 5.36. The van der Waals surface area contributed by atoms with E-state index in [-0.39, 0.29) is 18.1 Å². The molecule has 0 saturated heterocycles. The number of pyridine rings is 1. The summed E-state index contributed by atoms with van der Waals surface area (Å²) in [4.78, 5) is 29.9. The van der Waals surface area contributed by atoms with Gasteiger partial charge in [0.1, 0.15) is 0 Å². The van der Waals surface area contributed by atoms with Crippen molar-refractivity contribution >= 4 is 29.0 Å². The molecule has 1 heterocycles. The molecule has 0 atom stereocenters. The minimum absolute atomic E-state index is 0.0350. The molecule has 0 unspecified atom stereocenters. The predicted octanol–water partition coefficient (Wildman–Crippen LogP) is 6.04. The molecule has 1 aromatic heterocycles. The second kappa shape index (κ2) is 9.84. The minimum Gasteiger partial charge on any atom is -0.316 e. The number of carbonyl (C=O) groups is 2. The molecule has 0 aliphatic rings. The van der Waals surface area contributed by atoms with Crippen LogP contribution in [0.3, 0.4) is 0 Å². The van der Waals surface area contributed by atoms with Gasteiger partial charge in [0, 0.05) is 47.4 Å². The van der Waals surface area contributed by atoms with Gasteiger partial charge in [-0.25, -0.2) is 4.98 Å². The Labute approximate surface area is 186 Å². The van der Waals surface area contributed by atoms with Crippen LogP contribution in [0.15, 0.2) is 54.6 Å². The summed E-state index contributed by atoms with van der Waals surface area (Å²) in [6.07, 6.45) is 1.22. The van der Waals surface area contributed by atoms with Crippen molar-refractivity contribution in [3.05, 3.63) is 82.4 Å². The van der Waals surface area contributed by atoms with E-state index in [2.05, 4.69) is 4.98 Å². The Hall–Kier alpha value is -3.05. The van der Waals surface area contributed by atoms with Crippen molar-refractivity contribution in [3.63, 3.8) is 0 Å². The SMILES string of the molecule is CCC(=O)N(C)c1ccc(-c2ccc(C(=O)CCc3ccc(F)nc3C)cc2Cl)cc1. The van der Waals surface area contributed by atoms with Gasteiger partial charge in [-0.3, -0.25) is 9.59 Å². The topological polar surface area (TPSA) is 50.3 Å². The van der Waals surface area contributed by atoms with E-state index >= 15 is 0 Å². The second-order valence-electron chi connectivity index (χ2n) is 7.35. The van der Waals surface area contributed by atoms with E-state index in [1.807, 2.05) is 37.3 Å². The van der Waals surface area contributed by atoms with Crippen LogP contribution in [-0.4, -0.2) is 23.7 Å². The van der Waals surface area contributed by atoms with Gasteiger partial charge in [-0.2, -0.15) is 4.39 Å². The zero-order chi connectivity index (χ0) is 22.5. The monoisotopic (exact) mass is 438 g/mol. The van der Waals surface area contributed by atoms with Crippen LogP contribution in [0.25, 0.3) is 11.1 Å². The first-order valence-electron chi connectivity index (χ1n) is 10.1. The van der Waals surface area contributed by atoms with E-state index in [1.165, 1.54) is 6.07 Å². The predicted molar refractivity (Wildman–Crippen MR) is 122 cm³/mol. The fraction of sp³-hybridized carbons (Fsp3) is 0.240. The number of carbonyl (C=O) groups excluding carboxylic acids is 2. The molecule has 0 fully saturated rings. The normalized spacial score (nSPS) is 10.7. The number of rotatable bonds is 7. The lowest BCUT2D eigenvalue weighted by atomic mass is 9.99. The van der Waals surface area contributed by atoms with Crippen molar-refractivity contribution in [2.45, 2.75) is 33.1 Å². The van der Waals surface area contributed by atoms with Gasteiger partial charge in [-0.1, -0.05) is 48.9 Å². The number of halogens is 2. The Morgan fingerprint density at radius 3 is 2.39 bits per heavy atom. The number of aryl methyl sites for hydroxylation is 2. The summed E-state index contributed by atoms with van der Waals surface area (Å²) in [5, 5.41) is 0.483. The Morgan fingerprint density at radius 2 is 1.77 bits per heavy atom. The van der Waals surface area contributed by atoms with Crippen molar-refractivity contribution in [2.75, 3.05) is 11.9 Å². The van der Waals surface area contributed by atoms with Crippen LogP contribution in [0.2, 0.25) is 5.02 Å². The van der Waals surface area contributed by atoms with E-state index in [1.54, 1.807) is 37.1 Å². The quantitative estimate of drug-likeness (QED) is 0.334. The van der Waals surface area contributed by atoms with E-state index in [9.17, 15) is 14.0 Å². The van der Waals surface area contributed by atoms with Gasteiger partial charge in [-0.15, -0.1) is 0 Å². The molecule has 2 aromatic carbocycles. The highest BCUT2D eigenvalue weighted by atomic mass is 35.5. The largest absolute Gasteiger partial charge is 0.316 e. The molecule has 3 rings (SSSR count). The summed E-state index contributed by atoms with van der Waals surface area (Å²) in [7, 11) is 1.75. The molecule has 1 amide bonds. The molecule has 0 bridgehead atoms. The van der Waals surface area contributed by atoms with Crippen LogP contribution < -0.4 is 4.90 Å². The highest BCUT2D eigenvalue weighted by molar-refractivity contribution is 6.33. The first-order valence-corrected chi connectivity index (χ1v) is 10.5. The first kappa shape index (κ1) is 22.6. The van der Waals surface area contributed by atoms with Gasteiger partial charge < -0.3 is 4.90 Å². The van der Waals surface area contributed by atoms with Crippen LogP contribution in [0.5, 0.6) is 0 Å². The fourth-order valence-corrected chi connectivity index (χ4v) is 3.67. The van der Waals surface area contributed by atoms with Crippen LogP contribution >= 0.6 is 11.6 Å². The van der Waals surface area contributed by atoms with Crippen molar-refractivity contribution in [1.82, 2.24) is 4.98 Å². The maximum Gasteiger partial charge on any atom is 0.226 e. The van der Waals surface area contributed by atoms with Crippen molar-refractivity contribution in [3.8, 4) is 11.1 Å². The van der Waals surface area contributed by atoms with Crippen LogP contribution in [-0.2, 0) is 11.2 Å². The van der Waals surface area contributed by atoms with Crippen LogP contribution in [0.4, 0.5) is 10.1 Å². The Bertz CT molecular complexity index is 1110. The molecule has 0 aliphatic carbocycles. The lowest BCUT2D eigenvalue weighted by molar-refractivity contribution is -0.118. The Morgan fingerprint density at radius 1 is 1.06 bits per heavy atom. The number of benzene rings is 2. The molecule has 0 radical (unpaired) electrons. The fourth-order valence-electron chi connectivity index (χ4n) is 3.38. The number of ketones is 1. The first-order chi connectivity index (χ1) is 14.8. The van der Waals surface area contributed by atoms with Gasteiger partial charge in [-0.05, 0) is 48.7 Å². The average molecular weight is 439 g/mol. The molecular weight excluding hydrogens is 415 g/mol. The highest BCUT2D eigenvalue weighted by Gasteiger charge is 2.13. The second-order valence-corrected chi connectivity index (χ2v) is 7.76. The third-order valence-corrected chi connectivity index (χ3v) is 5.63. The highest BCUT2D eigenvalue weighted by Crippen LogP contribution is 2.30. The molecule has 3 aromatic rings. The molecule has 0 saturated carbocycles. The van der Waals surface area contributed by atoms with Gasteiger partial charge >= 0.3 is 0 Å². The smallest absolute Gasteiger partial charge is 0.226 e. The van der Waals surface area contributed by atoms with E-state index in [0.717, 1.165) is 22.4 Å². The summed E-state index contributed by atoms with van der Waals surface area (Å²) >= 11 is 6.47. The lowest BCUT2D eigenvalue weighted by Gasteiger charge is -2.17.